The number of aromatic nitrogens is 2. The summed E-state index contributed by atoms with van der Waals surface area (Å²) < 4.78 is 79.7. The number of rotatable bonds is 14. The van der Waals surface area contributed by atoms with Crippen molar-refractivity contribution in [2.24, 2.45) is 17.3 Å². The van der Waals surface area contributed by atoms with Crippen molar-refractivity contribution < 1.29 is 110 Å². The Bertz CT molecular complexity index is 2930. The largest absolute Gasteiger partial charge is 0.493 e. The second kappa shape index (κ2) is 22.1. The quantitative estimate of drug-likeness (QED) is 0.179. The molecular weight excluding hydrogens is 1040 g/mol. The third-order valence-electron chi connectivity index (χ3n) is 15.0. The first-order valence-corrected chi connectivity index (χ1v) is 24.8. The van der Waals surface area contributed by atoms with E-state index in [0.29, 0.717) is 0 Å². The van der Waals surface area contributed by atoms with Gasteiger partial charge < -0.3 is 66.7 Å². The molecule has 2 aliphatic heterocycles. The Morgan fingerprint density at radius 1 is 0.734 bits per heavy atom. The van der Waals surface area contributed by atoms with E-state index in [2.05, 4.69) is 9.97 Å². The molecule has 13 atom stereocenters. The molecule has 2 aromatic heterocycles. The lowest BCUT2D eigenvalue weighted by Crippen LogP contribution is -2.89. The van der Waals surface area contributed by atoms with E-state index >= 15 is 9.59 Å². The number of pyridine rings is 2. The van der Waals surface area contributed by atoms with E-state index in [4.69, 9.17) is 61.6 Å². The van der Waals surface area contributed by atoms with E-state index in [1.807, 2.05) is 0 Å². The first-order valence-electron chi connectivity index (χ1n) is 24.8. The van der Waals surface area contributed by atoms with Crippen molar-refractivity contribution in [3.63, 3.8) is 0 Å². The van der Waals surface area contributed by atoms with Crippen LogP contribution in [0.3, 0.4) is 0 Å². The van der Waals surface area contributed by atoms with Crippen LogP contribution in [-0.2, 0) is 76.1 Å². The minimum absolute atomic E-state index is 0.0525. The van der Waals surface area contributed by atoms with Gasteiger partial charge in [0.25, 0.3) is 0 Å². The molecule has 4 aliphatic rings. The molecule has 2 aliphatic carbocycles. The summed E-state index contributed by atoms with van der Waals surface area (Å²) in [6.45, 7) is 9.06. The number of nitrogens with zero attached hydrogens (tertiary/aromatic N) is 2. The number of methoxy groups -OCH3 is 3. The summed E-state index contributed by atoms with van der Waals surface area (Å²) in [5.74, 6) is -15.1. The van der Waals surface area contributed by atoms with Gasteiger partial charge in [-0.05, 0) is 64.1 Å². The molecule has 4 bridgehead atoms. The van der Waals surface area contributed by atoms with E-state index in [9.17, 15) is 38.7 Å². The number of esters is 9. The third kappa shape index (κ3) is 10.1. The molecule has 3 aromatic rings. The number of hydrogen-bond donors (Lipinski definition) is 1. The number of hydrogen-bond acceptors (Lipinski definition) is 25. The highest BCUT2D eigenvalue weighted by Crippen LogP contribution is 2.70. The fraction of sp³-hybridized carbons (Fsp3) is 0.537. The molecule has 426 valence electrons. The van der Waals surface area contributed by atoms with E-state index < -0.39 is 155 Å². The van der Waals surface area contributed by atoms with Crippen LogP contribution in [0.5, 0.6) is 17.2 Å². The summed E-state index contributed by atoms with van der Waals surface area (Å²) in [5, 5.41) is 14.1. The van der Waals surface area contributed by atoms with Crippen LogP contribution in [-0.4, -0.2) is 162 Å². The normalized spacial score (nSPS) is 30.8. The number of carbonyl (C=O) groups is 9. The summed E-state index contributed by atoms with van der Waals surface area (Å²) in [7, 11) is 3.77. The van der Waals surface area contributed by atoms with E-state index in [1.54, 1.807) is 6.92 Å². The second-order valence-electron chi connectivity index (χ2n) is 20.4. The standard InChI is InChI=1S/C54H62N2O23/c1-25-26(2)45(61)76-42-40(72-27(3)57)44(74-29(5)59)53(24-71-46(62)31-16-14-20-55-22-31)43(77-49(65)50(7,8)78-30(6)60)39(75-48(64)33-18-19-34(67-11)38(69-13)37(33)68-12)35-41(73-28(4)58)54(53,52(42,10)66)79-51(35,9)23-70-47(63)32-17-15-21-56-36(25)32/h14-22,25-26,35,39-44,66H,23-24H2,1-13H3/t25-,26-,35+,39+,40+,41-,42-,43+,44-,51+,52+,53-,54-/m1/s1. The van der Waals surface area contributed by atoms with Crippen LogP contribution in [0.25, 0.3) is 0 Å². The molecule has 1 N–H and O–H groups in total. The minimum Gasteiger partial charge on any atom is -0.493 e. The van der Waals surface area contributed by atoms with Crippen LogP contribution in [0, 0.1) is 17.3 Å². The van der Waals surface area contributed by atoms with Crippen LogP contribution < -0.4 is 14.2 Å². The summed E-state index contributed by atoms with van der Waals surface area (Å²) in [6, 6.07) is 8.05. The van der Waals surface area contributed by atoms with Gasteiger partial charge in [0, 0.05) is 52.2 Å². The van der Waals surface area contributed by atoms with E-state index in [1.165, 1.54) is 84.0 Å². The number of fused-ring (bicyclic) bond motifs is 5. The van der Waals surface area contributed by atoms with Gasteiger partial charge >= 0.3 is 53.7 Å². The van der Waals surface area contributed by atoms with Crippen LogP contribution in [0.4, 0.5) is 0 Å². The SMILES string of the molecule is COc1ccc(C(=O)O[C@H]2[C@H]3[C@@H](OC(C)=O)[C@]45O[C@@]3(C)COC(=O)c3cccnc3[C@H](C)[C@@H](C)C(=O)O[C@H]([C@H](OC(C)=O)[C@@H](OC(C)=O)[C@@]4(COC(=O)c3cccnc3)[C@H]2OC(=O)C(C)(C)OC(C)=O)[C@]5(C)O)c(OC)c1OC. The summed E-state index contributed by atoms with van der Waals surface area (Å²) in [4.78, 5) is 137. The molecule has 1 aromatic carbocycles. The van der Waals surface area contributed by atoms with E-state index in [0.717, 1.165) is 54.7 Å². The molecule has 4 heterocycles. The van der Waals surface area contributed by atoms with E-state index in [-0.39, 0.29) is 34.1 Å². The van der Waals surface area contributed by atoms with Gasteiger partial charge in [0.15, 0.2) is 41.5 Å². The Labute approximate surface area is 453 Å². The molecule has 2 saturated carbocycles. The predicted octanol–water partition coefficient (Wildman–Crippen LogP) is 3.36. The Kier molecular flexibility index (Phi) is 16.4. The molecule has 0 amide bonds. The maximum atomic E-state index is 15.4. The maximum Gasteiger partial charge on any atom is 0.350 e. The van der Waals surface area contributed by atoms with Gasteiger partial charge in [-0.3, -0.25) is 33.9 Å². The van der Waals surface area contributed by atoms with Crippen molar-refractivity contribution in [2.45, 2.75) is 134 Å². The smallest absolute Gasteiger partial charge is 0.350 e. The van der Waals surface area contributed by atoms with Crippen LogP contribution in [0.2, 0.25) is 0 Å². The lowest BCUT2D eigenvalue weighted by molar-refractivity contribution is -0.386. The molecule has 0 unspecified atom stereocenters. The summed E-state index contributed by atoms with van der Waals surface area (Å²) >= 11 is 0. The van der Waals surface area contributed by atoms with Crippen molar-refractivity contribution in [3.05, 3.63) is 77.4 Å². The summed E-state index contributed by atoms with van der Waals surface area (Å²) in [5.41, 5.74) is -14.5. The van der Waals surface area contributed by atoms with Crippen LogP contribution in [0.1, 0.15) is 112 Å². The fourth-order valence-corrected chi connectivity index (χ4v) is 11.5. The highest BCUT2D eigenvalue weighted by atomic mass is 16.7. The Hall–Kier alpha value is -7.93. The molecule has 25 heteroatoms. The van der Waals surface area contributed by atoms with Crippen molar-refractivity contribution >= 4 is 53.7 Å². The molecule has 25 nitrogen and oxygen atoms in total. The van der Waals surface area contributed by atoms with Crippen molar-refractivity contribution in [2.75, 3.05) is 34.5 Å². The van der Waals surface area contributed by atoms with Gasteiger partial charge in [-0.15, -0.1) is 0 Å². The highest BCUT2D eigenvalue weighted by molar-refractivity contribution is 5.95. The number of ether oxygens (including phenoxy) is 13. The second-order valence-corrected chi connectivity index (χ2v) is 20.4. The fourth-order valence-electron chi connectivity index (χ4n) is 11.5. The first-order chi connectivity index (χ1) is 37.1. The molecule has 1 saturated heterocycles. The number of carbonyl (C=O) groups excluding carboxylic acids is 9. The van der Waals surface area contributed by atoms with Gasteiger partial charge in [-0.25, -0.2) is 19.2 Å². The monoisotopic (exact) mass is 1110 g/mol. The zero-order chi connectivity index (χ0) is 58.3. The van der Waals surface area contributed by atoms with Crippen LogP contribution in [0.15, 0.2) is 55.0 Å². The molecular formula is C54H62N2O23. The average Bonchev–Trinajstić information content (AvgIpc) is 1.96. The first kappa shape index (κ1) is 58.7. The van der Waals surface area contributed by atoms with Gasteiger partial charge in [-0.2, -0.15) is 0 Å². The average molecular weight is 1110 g/mol. The molecule has 7 rings (SSSR count). The predicted molar refractivity (Wildman–Crippen MR) is 263 cm³/mol. The van der Waals surface area contributed by atoms with Crippen molar-refractivity contribution in [1.82, 2.24) is 9.97 Å². The number of benzene rings is 1. The zero-order valence-corrected chi connectivity index (χ0v) is 45.6. The molecule has 0 radical (unpaired) electrons. The highest BCUT2D eigenvalue weighted by Gasteiger charge is 2.92. The number of cyclic esters (lactones) is 1. The molecule has 79 heavy (non-hydrogen) atoms. The molecule has 1 spiro atoms. The van der Waals surface area contributed by atoms with Gasteiger partial charge in [0.05, 0.1) is 50.0 Å². The lowest BCUT2D eigenvalue weighted by Gasteiger charge is -2.67. The van der Waals surface area contributed by atoms with Gasteiger partial charge in [0.2, 0.25) is 11.4 Å². The van der Waals surface area contributed by atoms with Crippen molar-refractivity contribution in [3.8, 4) is 17.2 Å². The maximum absolute atomic E-state index is 15.4. The Balaban J connectivity index is 1.69. The lowest BCUT2D eigenvalue weighted by atomic mass is 9.45. The Morgan fingerprint density at radius 2 is 1.37 bits per heavy atom. The topological polar surface area (TPSA) is 320 Å². The van der Waals surface area contributed by atoms with Gasteiger partial charge in [-0.1, -0.05) is 13.8 Å². The zero-order valence-electron chi connectivity index (χ0n) is 45.6. The Morgan fingerprint density at radius 3 is 1.96 bits per heavy atom. The third-order valence-corrected chi connectivity index (χ3v) is 15.0. The molecule has 3 fully saturated rings. The summed E-state index contributed by atoms with van der Waals surface area (Å²) in [6.07, 6.45) is -10.1. The number of aliphatic hydroxyl groups is 1. The minimum atomic E-state index is -3.08. The van der Waals surface area contributed by atoms with Gasteiger partial charge in [0.1, 0.15) is 47.6 Å². The van der Waals surface area contributed by atoms with Crippen molar-refractivity contribution in [1.29, 1.82) is 0 Å². The van der Waals surface area contributed by atoms with Crippen LogP contribution >= 0.6 is 0 Å².